The van der Waals surface area contributed by atoms with Crippen molar-refractivity contribution in [2.45, 2.75) is 19.8 Å². The van der Waals surface area contributed by atoms with Crippen molar-refractivity contribution >= 4 is 23.5 Å². The molecule has 0 aliphatic carbocycles. The van der Waals surface area contributed by atoms with Gasteiger partial charge in [-0.2, -0.15) is 0 Å². The zero-order valence-corrected chi connectivity index (χ0v) is 13.7. The molecule has 0 unspecified atom stereocenters. The van der Waals surface area contributed by atoms with E-state index in [0.29, 0.717) is 16.7 Å². The van der Waals surface area contributed by atoms with Gasteiger partial charge in [0.2, 0.25) is 5.95 Å². The summed E-state index contributed by atoms with van der Waals surface area (Å²) in [6.07, 6.45) is 4.89. The smallest absolute Gasteiger partial charge is 0.314 e. The van der Waals surface area contributed by atoms with Gasteiger partial charge in [0, 0.05) is 25.5 Å². The number of halogens is 1. The number of hydrogen-bond acceptors (Lipinski definition) is 5. The second-order valence-corrected chi connectivity index (χ2v) is 6.07. The van der Waals surface area contributed by atoms with E-state index in [4.69, 9.17) is 16.3 Å². The SMILES string of the molecule is Cc1ccc(Cl)c(OC(=O)C2CCN(c3ncccn3)CC2)c1. The van der Waals surface area contributed by atoms with Crippen LogP contribution in [0.25, 0.3) is 0 Å². The first kappa shape index (κ1) is 15.7. The van der Waals surface area contributed by atoms with E-state index >= 15 is 0 Å². The Hall–Kier alpha value is -2.14. The van der Waals surface area contributed by atoms with Crippen molar-refractivity contribution in [2.24, 2.45) is 5.92 Å². The number of ether oxygens (including phenoxy) is 1. The van der Waals surface area contributed by atoms with Gasteiger partial charge >= 0.3 is 5.97 Å². The van der Waals surface area contributed by atoms with Crippen molar-refractivity contribution in [1.29, 1.82) is 0 Å². The van der Waals surface area contributed by atoms with Gasteiger partial charge in [-0.15, -0.1) is 0 Å². The Labute approximate surface area is 140 Å². The van der Waals surface area contributed by atoms with Crippen molar-refractivity contribution in [3.8, 4) is 5.75 Å². The van der Waals surface area contributed by atoms with E-state index in [1.807, 2.05) is 13.0 Å². The van der Waals surface area contributed by atoms with Gasteiger partial charge in [-0.25, -0.2) is 9.97 Å². The molecule has 0 radical (unpaired) electrons. The molecule has 3 rings (SSSR count). The van der Waals surface area contributed by atoms with Crippen LogP contribution in [0.3, 0.4) is 0 Å². The van der Waals surface area contributed by atoms with Gasteiger partial charge in [-0.1, -0.05) is 17.7 Å². The second kappa shape index (κ2) is 6.96. The van der Waals surface area contributed by atoms with Crippen LogP contribution in [0.1, 0.15) is 18.4 Å². The molecule has 6 heteroatoms. The lowest BCUT2D eigenvalue weighted by Gasteiger charge is -2.30. The Kier molecular flexibility index (Phi) is 4.76. The molecule has 1 fully saturated rings. The Morgan fingerprint density at radius 3 is 2.65 bits per heavy atom. The van der Waals surface area contributed by atoms with Crippen LogP contribution in [-0.4, -0.2) is 29.0 Å². The quantitative estimate of drug-likeness (QED) is 0.638. The van der Waals surface area contributed by atoms with Crippen LogP contribution in [-0.2, 0) is 4.79 Å². The summed E-state index contributed by atoms with van der Waals surface area (Å²) in [6, 6.07) is 7.21. The number of benzene rings is 1. The molecule has 1 aromatic heterocycles. The summed E-state index contributed by atoms with van der Waals surface area (Å²) in [7, 11) is 0. The highest BCUT2D eigenvalue weighted by molar-refractivity contribution is 6.32. The minimum Gasteiger partial charge on any atom is -0.425 e. The van der Waals surface area contributed by atoms with Crippen LogP contribution in [0.5, 0.6) is 5.75 Å². The number of carbonyl (C=O) groups is 1. The van der Waals surface area contributed by atoms with E-state index in [1.165, 1.54) is 0 Å². The zero-order valence-electron chi connectivity index (χ0n) is 12.9. The molecule has 0 bridgehead atoms. The van der Waals surface area contributed by atoms with Crippen LogP contribution in [0.4, 0.5) is 5.95 Å². The fourth-order valence-corrected chi connectivity index (χ4v) is 2.81. The van der Waals surface area contributed by atoms with Crippen molar-refractivity contribution in [3.63, 3.8) is 0 Å². The maximum Gasteiger partial charge on any atom is 0.314 e. The minimum atomic E-state index is -0.217. The Bertz CT molecular complexity index is 685. The molecule has 2 aromatic rings. The lowest BCUT2D eigenvalue weighted by molar-refractivity contribution is -0.139. The summed E-state index contributed by atoms with van der Waals surface area (Å²) >= 11 is 6.08. The number of piperidine rings is 1. The van der Waals surface area contributed by atoms with Gasteiger partial charge in [-0.3, -0.25) is 4.79 Å². The molecular weight excluding hydrogens is 314 g/mol. The molecule has 0 spiro atoms. The normalized spacial score (nSPS) is 15.5. The maximum absolute atomic E-state index is 12.3. The van der Waals surface area contributed by atoms with E-state index in [-0.39, 0.29) is 11.9 Å². The first-order chi connectivity index (χ1) is 11.1. The molecule has 0 atom stereocenters. The molecule has 1 saturated heterocycles. The highest BCUT2D eigenvalue weighted by Crippen LogP contribution is 2.28. The summed E-state index contributed by atoms with van der Waals surface area (Å²) in [4.78, 5) is 22.9. The zero-order chi connectivity index (χ0) is 16.2. The molecule has 120 valence electrons. The largest absolute Gasteiger partial charge is 0.425 e. The topological polar surface area (TPSA) is 55.3 Å². The third kappa shape index (κ3) is 3.79. The maximum atomic E-state index is 12.3. The highest BCUT2D eigenvalue weighted by Gasteiger charge is 2.28. The average Bonchev–Trinajstić information content (AvgIpc) is 2.59. The van der Waals surface area contributed by atoms with Gasteiger partial charge in [-0.05, 0) is 43.5 Å². The number of aryl methyl sites for hydroxylation is 1. The standard InChI is InChI=1S/C17H18ClN3O2/c1-12-3-4-14(18)15(11-12)23-16(22)13-5-9-21(10-6-13)17-19-7-2-8-20-17/h2-4,7-8,11,13H,5-6,9-10H2,1H3. The number of carbonyl (C=O) groups excluding carboxylic acids is 1. The van der Waals surface area contributed by atoms with Gasteiger partial charge in [0.15, 0.2) is 0 Å². The molecule has 1 aromatic carbocycles. The van der Waals surface area contributed by atoms with E-state index in [1.54, 1.807) is 30.6 Å². The van der Waals surface area contributed by atoms with Crippen molar-refractivity contribution in [3.05, 3.63) is 47.2 Å². The molecule has 0 amide bonds. The highest BCUT2D eigenvalue weighted by atomic mass is 35.5. The summed E-state index contributed by atoms with van der Waals surface area (Å²) in [6.45, 7) is 3.42. The van der Waals surface area contributed by atoms with Gasteiger partial charge in [0.25, 0.3) is 0 Å². The van der Waals surface area contributed by atoms with E-state index in [0.717, 1.165) is 31.5 Å². The lowest BCUT2D eigenvalue weighted by Crippen LogP contribution is -2.38. The molecule has 23 heavy (non-hydrogen) atoms. The molecular formula is C17H18ClN3O2. The first-order valence-electron chi connectivity index (χ1n) is 7.63. The van der Waals surface area contributed by atoms with Crippen LogP contribution in [0.15, 0.2) is 36.7 Å². The monoisotopic (exact) mass is 331 g/mol. The first-order valence-corrected chi connectivity index (χ1v) is 8.01. The van der Waals surface area contributed by atoms with E-state index < -0.39 is 0 Å². The van der Waals surface area contributed by atoms with Crippen LogP contribution in [0.2, 0.25) is 5.02 Å². The summed E-state index contributed by atoms with van der Waals surface area (Å²) in [5.74, 6) is 0.809. The van der Waals surface area contributed by atoms with Crippen molar-refractivity contribution in [2.75, 3.05) is 18.0 Å². The van der Waals surface area contributed by atoms with E-state index in [2.05, 4.69) is 14.9 Å². The Balaban J connectivity index is 1.59. The third-order valence-corrected chi connectivity index (χ3v) is 4.27. The second-order valence-electron chi connectivity index (χ2n) is 5.67. The molecule has 0 N–H and O–H groups in total. The molecule has 2 heterocycles. The molecule has 1 aliphatic heterocycles. The Morgan fingerprint density at radius 2 is 1.96 bits per heavy atom. The summed E-state index contributed by atoms with van der Waals surface area (Å²) in [5.41, 5.74) is 1.01. The van der Waals surface area contributed by atoms with Crippen LogP contribution >= 0.6 is 11.6 Å². The predicted molar refractivity (Wildman–Crippen MR) is 88.8 cm³/mol. The number of hydrogen-bond donors (Lipinski definition) is 0. The fraction of sp³-hybridized carbons (Fsp3) is 0.353. The number of rotatable bonds is 3. The van der Waals surface area contributed by atoms with Gasteiger partial charge < -0.3 is 9.64 Å². The van der Waals surface area contributed by atoms with E-state index in [9.17, 15) is 4.79 Å². The van der Waals surface area contributed by atoms with Crippen molar-refractivity contribution in [1.82, 2.24) is 9.97 Å². The predicted octanol–water partition coefficient (Wildman–Crippen LogP) is 3.26. The number of anilines is 1. The number of esters is 1. The summed E-state index contributed by atoms with van der Waals surface area (Å²) in [5, 5.41) is 0.457. The minimum absolute atomic E-state index is 0.119. The average molecular weight is 332 g/mol. The molecule has 0 saturated carbocycles. The number of aromatic nitrogens is 2. The fourth-order valence-electron chi connectivity index (χ4n) is 2.65. The lowest BCUT2D eigenvalue weighted by atomic mass is 9.97. The van der Waals surface area contributed by atoms with Crippen molar-refractivity contribution < 1.29 is 9.53 Å². The Morgan fingerprint density at radius 1 is 1.26 bits per heavy atom. The molecule has 5 nitrogen and oxygen atoms in total. The van der Waals surface area contributed by atoms with Crippen LogP contribution in [0, 0.1) is 12.8 Å². The molecule has 1 aliphatic rings. The van der Waals surface area contributed by atoms with Gasteiger partial charge in [0.05, 0.1) is 10.9 Å². The summed E-state index contributed by atoms with van der Waals surface area (Å²) < 4.78 is 5.49. The third-order valence-electron chi connectivity index (χ3n) is 3.96. The van der Waals surface area contributed by atoms with Gasteiger partial charge in [0.1, 0.15) is 5.75 Å². The van der Waals surface area contributed by atoms with Crippen LogP contribution < -0.4 is 9.64 Å². The number of nitrogens with zero attached hydrogens (tertiary/aromatic N) is 3.